The molecule has 0 aliphatic rings. The number of unbranched alkanes of at least 4 members (excludes halogenated alkanes) is 2. The molecule has 0 heterocycles. The maximum absolute atomic E-state index is 2.26. The van der Waals surface area contributed by atoms with Crippen LogP contribution in [-0.4, -0.2) is 0 Å². The van der Waals surface area contributed by atoms with Crippen LogP contribution in [-0.2, 0) is 12.8 Å². The van der Waals surface area contributed by atoms with E-state index in [1.807, 2.05) is 0 Å². The Bertz CT molecular complexity index is 429. The van der Waals surface area contributed by atoms with Crippen LogP contribution in [0.3, 0.4) is 0 Å². The third-order valence-corrected chi connectivity index (χ3v) is 3.67. The van der Waals surface area contributed by atoms with E-state index in [-0.39, 0.29) is 0 Å². The molecule has 0 N–H and O–H groups in total. The van der Waals surface area contributed by atoms with Crippen molar-refractivity contribution in [2.45, 2.75) is 46.0 Å². The van der Waals surface area contributed by atoms with Crippen LogP contribution in [0.5, 0.6) is 0 Å². The molecule has 0 saturated carbocycles. The molecule has 0 spiro atoms. The lowest BCUT2D eigenvalue weighted by molar-refractivity contribution is 0.678. The summed E-state index contributed by atoms with van der Waals surface area (Å²) in [5.41, 5.74) is 5.65. The summed E-state index contributed by atoms with van der Waals surface area (Å²) in [5.74, 6) is 0. The first-order chi connectivity index (χ1) is 9.24. The topological polar surface area (TPSA) is 0 Å². The van der Waals surface area contributed by atoms with Crippen molar-refractivity contribution in [3.8, 4) is 0 Å². The van der Waals surface area contributed by atoms with Gasteiger partial charge in [-0.2, -0.15) is 0 Å². The van der Waals surface area contributed by atoms with Gasteiger partial charge >= 0.3 is 0 Å². The summed E-state index contributed by atoms with van der Waals surface area (Å²) in [6.07, 6.45) is 6.36. The lowest BCUT2D eigenvalue weighted by Gasteiger charge is -2.04. The highest BCUT2D eigenvalue weighted by atomic mass is 14.0. The Kier molecular flexibility index (Phi) is 5.20. The van der Waals surface area contributed by atoms with E-state index in [4.69, 9.17) is 0 Å². The first kappa shape index (κ1) is 13.9. The summed E-state index contributed by atoms with van der Waals surface area (Å²) in [4.78, 5) is 0. The molecule has 0 radical (unpaired) electrons. The van der Waals surface area contributed by atoms with E-state index in [9.17, 15) is 0 Å². The second kappa shape index (κ2) is 7.13. The van der Waals surface area contributed by atoms with Crippen LogP contribution in [0.1, 0.15) is 41.5 Å². The molecular formula is C19H24. The molecule has 0 bridgehead atoms. The molecule has 0 fully saturated rings. The van der Waals surface area contributed by atoms with Crippen molar-refractivity contribution in [3.05, 3.63) is 70.8 Å². The number of hydrogen-bond acceptors (Lipinski definition) is 0. The standard InChI is InChI=1S/C19H24/c1-16-8-12-18(13-9-16)6-4-3-5-7-19-14-10-17(2)11-15-19/h8-15H,3-7H2,1-2H3. The van der Waals surface area contributed by atoms with Gasteiger partial charge < -0.3 is 0 Å². The molecule has 100 valence electrons. The number of aryl methyl sites for hydroxylation is 4. The van der Waals surface area contributed by atoms with E-state index in [0.717, 1.165) is 0 Å². The molecule has 0 atom stereocenters. The van der Waals surface area contributed by atoms with E-state index >= 15 is 0 Å². The minimum atomic E-state index is 1.22. The summed E-state index contributed by atoms with van der Waals surface area (Å²) in [7, 11) is 0. The van der Waals surface area contributed by atoms with Crippen LogP contribution in [0.4, 0.5) is 0 Å². The summed E-state index contributed by atoms with van der Waals surface area (Å²) in [6, 6.07) is 17.9. The van der Waals surface area contributed by atoms with Crippen LogP contribution in [0.2, 0.25) is 0 Å². The molecule has 2 aromatic rings. The summed E-state index contributed by atoms with van der Waals surface area (Å²) >= 11 is 0. The van der Waals surface area contributed by atoms with Crippen molar-refractivity contribution in [1.29, 1.82) is 0 Å². The Morgan fingerprint density at radius 2 is 0.895 bits per heavy atom. The van der Waals surface area contributed by atoms with Gasteiger partial charge in [0.1, 0.15) is 0 Å². The van der Waals surface area contributed by atoms with E-state index < -0.39 is 0 Å². The molecule has 19 heavy (non-hydrogen) atoms. The second-order valence-electron chi connectivity index (χ2n) is 5.53. The van der Waals surface area contributed by atoms with Crippen LogP contribution < -0.4 is 0 Å². The van der Waals surface area contributed by atoms with Gasteiger partial charge in [-0.15, -0.1) is 0 Å². The normalized spacial score (nSPS) is 10.6. The lowest BCUT2D eigenvalue weighted by atomic mass is 10.0. The Morgan fingerprint density at radius 1 is 0.526 bits per heavy atom. The average Bonchev–Trinajstić information content (AvgIpc) is 2.43. The average molecular weight is 252 g/mol. The fourth-order valence-corrected chi connectivity index (χ4v) is 2.34. The highest BCUT2D eigenvalue weighted by molar-refractivity contribution is 5.22. The van der Waals surface area contributed by atoms with Crippen LogP contribution in [0.25, 0.3) is 0 Å². The van der Waals surface area contributed by atoms with Crippen molar-refractivity contribution in [2.24, 2.45) is 0 Å². The highest BCUT2D eigenvalue weighted by Gasteiger charge is 1.96. The first-order valence-corrected chi connectivity index (χ1v) is 7.35. The maximum Gasteiger partial charge on any atom is -0.0279 e. The van der Waals surface area contributed by atoms with Crippen molar-refractivity contribution < 1.29 is 0 Å². The van der Waals surface area contributed by atoms with Gasteiger partial charge in [0.25, 0.3) is 0 Å². The molecule has 0 unspecified atom stereocenters. The zero-order valence-electron chi connectivity index (χ0n) is 12.2. The molecule has 0 aliphatic heterocycles. The van der Waals surface area contributed by atoms with Gasteiger partial charge in [0.15, 0.2) is 0 Å². The Morgan fingerprint density at radius 3 is 1.26 bits per heavy atom. The first-order valence-electron chi connectivity index (χ1n) is 7.35. The van der Waals surface area contributed by atoms with Gasteiger partial charge in [0.05, 0.1) is 0 Å². The minimum absolute atomic E-state index is 1.22. The van der Waals surface area contributed by atoms with E-state index in [1.54, 1.807) is 0 Å². The lowest BCUT2D eigenvalue weighted by Crippen LogP contribution is -1.89. The quantitative estimate of drug-likeness (QED) is 0.615. The molecule has 0 saturated heterocycles. The van der Waals surface area contributed by atoms with Gasteiger partial charge in [-0.3, -0.25) is 0 Å². The summed E-state index contributed by atoms with van der Waals surface area (Å²) in [6.45, 7) is 4.29. The number of rotatable bonds is 6. The molecular weight excluding hydrogens is 228 g/mol. The molecule has 2 aromatic carbocycles. The van der Waals surface area contributed by atoms with Crippen molar-refractivity contribution in [3.63, 3.8) is 0 Å². The molecule has 0 aliphatic carbocycles. The molecule has 0 heteroatoms. The van der Waals surface area contributed by atoms with E-state index in [2.05, 4.69) is 62.4 Å². The SMILES string of the molecule is Cc1ccc(CCCCCc2ccc(C)cc2)cc1. The fraction of sp³-hybridized carbons (Fsp3) is 0.368. The Hall–Kier alpha value is -1.56. The fourth-order valence-electron chi connectivity index (χ4n) is 2.34. The van der Waals surface area contributed by atoms with Crippen molar-refractivity contribution in [2.75, 3.05) is 0 Å². The van der Waals surface area contributed by atoms with Gasteiger partial charge in [0.2, 0.25) is 0 Å². The molecule has 0 amide bonds. The second-order valence-corrected chi connectivity index (χ2v) is 5.53. The Labute approximate surface area is 117 Å². The predicted octanol–water partition coefficient (Wildman–Crippen LogP) is 5.26. The zero-order valence-corrected chi connectivity index (χ0v) is 12.2. The Balaban J connectivity index is 1.64. The van der Waals surface area contributed by atoms with Gasteiger partial charge in [-0.05, 0) is 50.7 Å². The van der Waals surface area contributed by atoms with E-state index in [1.165, 1.54) is 54.4 Å². The molecule has 2 rings (SSSR count). The molecule has 0 aromatic heterocycles. The van der Waals surface area contributed by atoms with Crippen molar-refractivity contribution >= 4 is 0 Å². The van der Waals surface area contributed by atoms with Crippen LogP contribution >= 0.6 is 0 Å². The largest absolute Gasteiger partial charge is 0.0591 e. The summed E-state index contributed by atoms with van der Waals surface area (Å²) in [5, 5.41) is 0. The monoisotopic (exact) mass is 252 g/mol. The number of benzene rings is 2. The maximum atomic E-state index is 2.26. The van der Waals surface area contributed by atoms with Gasteiger partial charge in [-0.1, -0.05) is 66.1 Å². The molecule has 0 nitrogen and oxygen atoms in total. The highest BCUT2D eigenvalue weighted by Crippen LogP contribution is 2.11. The minimum Gasteiger partial charge on any atom is -0.0591 e. The third kappa shape index (κ3) is 4.90. The van der Waals surface area contributed by atoms with Crippen LogP contribution in [0, 0.1) is 13.8 Å². The van der Waals surface area contributed by atoms with Crippen molar-refractivity contribution in [1.82, 2.24) is 0 Å². The smallest absolute Gasteiger partial charge is 0.0279 e. The number of hydrogen-bond donors (Lipinski definition) is 0. The van der Waals surface area contributed by atoms with Gasteiger partial charge in [0, 0.05) is 0 Å². The summed E-state index contributed by atoms with van der Waals surface area (Å²) < 4.78 is 0. The van der Waals surface area contributed by atoms with Gasteiger partial charge in [-0.25, -0.2) is 0 Å². The predicted molar refractivity (Wildman–Crippen MR) is 83.6 cm³/mol. The zero-order chi connectivity index (χ0) is 13.5. The van der Waals surface area contributed by atoms with Crippen LogP contribution in [0.15, 0.2) is 48.5 Å². The third-order valence-electron chi connectivity index (χ3n) is 3.67. The van der Waals surface area contributed by atoms with E-state index in [0.29, 0.717) is 0 Å².